The third-order valence-electron chi connectivity index (χ3n) is 3.39. The summed E-state index contributed by atoms with van der Waals surface area (Å²) in [6.45, 7) is 6.65. The minimum absolute atomic E-state index is 0.324. The van der Waals surface area contributed by atoms with E-state index in [0.717, 1.165) is 11.1 Å². The van der Waals surface area contributed by atoms with Crippen molar-refractivity contribution in [2.45, 2.75) is 37.8 Å². The molecular formula is C20H26N2O2S. The van der Waals surface area contributed by atoms with Crippen molar-refractivity contribution in [3.8, 4) is 0 Å². The second kappa shape index (κ2) is 8.43. The summed E-state index contributed by atoms with van der Waals surface area (Å²) in [4.78, 5) is 0.324. The van der Waals surface area contributed by atoms with Gasteiger partial charge < -0.3 is 5.32 Å². The van der Waals surface area contributed by atoms with Crippen molar-refractivity contribution in [2.24, 2.45) is 0 Å². The first kappa shape index (κ1) is 19.4. The Morgan fingerprint density at radius 2 is 1.60 bits per heavy atom. The first-order chi connectivity index (χ1) is 11.8. The van der Waals surface area contributed by atoms with Gasteiger partial charge in [-0.2, -0.15) is 0 Å². The summed E-state index contributed by atoms with van der Waals surface area (Å²) in [5, 5.41) is 3.27. The molecule has 0 unspecified atom stereocenters. The van der Waals surface area contributed by atoms with Gasteiger partial charge in [0.25, 0.3) is 0 Å². The lowest BCUT2D eigenvalue weighted by Crippen LogP contribution is -2.40. The van der Waals surface area contributed by atoms with E-state index in [1.54, 1.807) is 12.1 Å². The number of hydrogen-bond donors (Lipinski definition) is 2. The average molecular weight is 359 g/mol. The lowest BCUT2D eigenvalue weighted by molar-refractivity contribution is 0.490. The van der Waals surface area contributed by atoms with Crippen LogP contribution in [0.4, 0.5) is 0 Å². The highest BCUT2D eigenvalue weighted by atomic mass is 32.2. The van der Waals surface area contributed by atoms with Gasteiger partial charge in [0, 0.05) is 18.6 Å². The molecule has 0 saturated carbocycles. The zero-order valence-electron chi connectivity index (χ0n) is 15.0. The highest BCUT2D eigenvalue weighted by molar-refractivity contribution is 7.89. The van der Waals surface area contributed by atoms with Crippen LogP contribution in [0, 0.1) is 0 Å². The Hall–Kier alpha value is -1.95. The Morgan fingerprint density at radius 1 is 0.960 bits per heavy atom. The van der Waals surface area contributed by atoms with Gasteiger partial charge in [0.15, 0.2) is 0 Å². The third kappa shape index (κ3) is 6.46. The van der Waals surface area contributed by atoms with Crippen molar-refractivity contribution in [3.63, 3.8) is 0 Å². The zero-order chi connectivity index (χ0) is 18.3. The molecule has 5 heteroatoms. The van der Waals surface area contributed by atoms with Crippen LogP contribution in [0.5, 0.6) is 0 Å². The molecule has 4 nitrogen and oxygen atoms in total. The molecule has 0 amide bonds. The van der Waals surface area contributed by atoms with Crippen molar-refractivity contribution in [1.82, 2.24) is 10.0 Å². The summed E-state index contributed by atoms with van der Waals surface area (Å²) in [5.41, 5.74) is 1.38. The lowest BCUT2D eigenvalue weighted by atomic mass is 10.1. The number of hydrogen-bond acceptors (Lipinski definition) is 3. The Bertz CT molecular complexity index is 807. The van der Waals surface area contributed by atoms with Crippen LogP contribution in [-0.2, 0) is 16.6 Å². The Kier molecular flexibility index (Phi) is 6.53. The average Bonchev–Trinajstić information content (AvgIpc) is 2.54. The lowest BCUT2D eigenvalue weighted by Gasteiger charge is -2.21. The van der Waals surface area contributed by atoms with Gasteiger partial charge >= 0.3 is 0 Å². The molecule has 2 N–H and O–H groups in total. The van der Waals surface area contributed by atoms with Gasteiger partial charge in [-0.3, -0.25) is 0 Å². The van der Waals surface area contributed by atoms with Gasteiger partial charge in [-0.1, -0.05) is 60.7 Å². The molecule has 0 radical (unpaired) electrons. The Balaban J connectivity index is 2.00. The molecule has 134 valence electrons. The standard InChI is InChI=1S/C20H26N2O2S/c1-20(2,3)22-25(23,24)19-14-8-7-13-18(19)16-21-15-9-12-17-10-5-4-6-11-17/h4-14,21-22H,15-16H2,1-3H3/b12-9+. The van der Waals surface area contributed by atoms with E-state index in [1.807, 2.05) is 75.4 Å². The molecule has 2 rings (SSSR count). The highest BCUT2D eigenvalue weighted by Gasteiger charge is 2.23. The molecule has 0 spiro atoms. The zero-order valence-corrected chi connectivity index (χ0v) is 15.8. The van der Waals surface area contributed by atoms with E-state index < -0.39 is 15.6 Å². The summed E-state index contributed by atoms with van der Waals surface area (Å²) in [7, 11) is -3.54. The highest BCUT2D eigenvalue weighted by Crippen LogP contribution is 2.17. The van der Waals surface area contributed by atoms with Gasteiger partial charge in [-0.05, 0) is 38.0 Å². The fourth-order valence-corrected chi connectivity index (χ4v) is 4.08. The quantitative estimate of drug-likeness (QED) is 0.744. The van der Waals surface area contributed by atoms with Gasteiger partial charge in [0.1, 0.15) is 0 Å². The maximum absolute atomic E-state index is 12.6. The molecule has 0 heterocycles. The number of nitrogens with one attached hydrogen (secondary N) is 2. The van der Waals surface area contributed by atoms with Crippen molar-refractivity contribution in [3.05, 3.63) is 71.8 Å². The van der Waals surface area contributed by atoms with Crippen LogP contribution in [0.3, 0.4) is 0 Å². The minimum Gasteiger partial charge on any atom is -0.309 e. The fourth-order valence-electron chi connectivity index (χ4n) is 2.42. The molecule has 0 fully saturated rings. The van der Waals surface area contributed by atoms with Crippen molar-refractivity contribution in [1.29, 1.82) is 0 Å². The van der Waals surface area contributed by atoms with Gasteiger partial charge in [0.2, 0.25) is 10.0 Å². The summed E-state index contributed by atoms with van der Waals surface area (Å²) in [6.07, 6.45) is 4.07. The summed E-state index contributed by atoms with van der Waals surface area (Å²) < 4.78 is 27.9. The van der Waals surface area contributed by atoms with E-state index in [2.05, 4.69) is 10.0 Å². The molecule has 0 aliphatic heterocycles. The first-order valence-corrected chi connectivity index (χ1v) is 9.80. The van der Waals surface area contributed by atoms with E-state index in [1.165, 1.54) is 0 Å². The third-order valence-corrected chi connectivity index (χ3v) is 5.25. The first-order valence-electron chi connectivity index (χ1n) is 8.32. The maximum Gasteiger partial charge on any atom is 0.241 e. The number of sulfonamides is 1. The second-order valence-electron chi connectivity index (χ2n) is 6.91. The summed E-state index contributed by atoms with van der Waals surface area (Å²) in [6, 6.07) is 17.1. The Labute approximate surface area is 151 Å². The van der Waals surface area contributed by atoms with Crippen LogP contribution in [-0.4, -0.2) is 20.5 Å². The molecule has 0 aliphatic carbocycles. The van der Waals surface area contributed by atoms with Gasteiger partial charge in [-0.25, -0.2) is 13.1 Å². The molecule has 0 atom stereocenters. The normalized spacial score (nSPS) is 12.6. The molecule has 0 saturated heterocycles. The van der Waals surface area contributed by atoms with Gasteiger partial charge in [-0.15, -0.1) is 0 Å². The summed E-state index contributed by atoms with van der Waals surface area (Å²) >= 11 is 0. The van der Waals surface area contributed by atoms with Crippen molar-refractivity contribution < 1.29 is 8.42 Å². The Morgan fingerprint density at radius 3 is 2.28 bits per heavy atom. The molecular weight excluding hydrogens is 332 g/mol. The molecule has 0 bridgehead atoms. The SMILES string of the molecule is CC(C)(C)NS(=O)(=O)c1ccccc1CNC/C=C/c1ccccc1. The maximum atomic E-state index is 12.6. The van der Waals surface area contributed by atoms with E-state index in [0.29, 0.717) is 18.0 Å². The van der Waals surface area contributed by atoms with Crippen LogP contribution in [0.1, 0.15) is 31.9 Å². The monoisotopic (exact) mass is 358 g/mol. The van der Waals surface area contributed by atoms with Crippen LogP contribution in [0.2, 0.25) is 0 Å². The van der Waals surface area contributed by atoms with E-state index >= 15 is 0 Å². The molecule has 0 aliphatic rings. The van der Waals surface area contributed by atoms with Gasteiger partial charge in [0.05, 0.1) is 4.90 Å². The fraction of sp³-hybridized carbons (Fsp3) is 0.300. The smallest absolute Gasteiger partial charge is 0.241 e. The predicted octanol–water partition coefficient (Wildman–Crippen LogP) is 3.57. The predicted molar refractivity (Wildman–Crippen MR) is 104 cm³/mol. The molecule has 0 aromatic heterocycles. The second-order valence-corrected chi connectivity index (χ2v) is 8.56. The minimum atomic E-state index is -3.54. The molecule has 25 heavy (non-hydrogen) atoms. The largest absolute Gasteiger partial charge is 0.309 e. The van der Waals surface area contributed by atoms with E-state index in [-0.39, 0.29) is 0 Å². The van der Waals surface area contributed by atoms with E-state index in [9.17, 15) is 8.42 Å². The van der Waals surface area contributed by atoms with Crippen LogP contribution >= 0.6 is 0 Å². The van der Waals surface area contributed by atoms with E-state index in [4.69, 9.17) is 0 Å². The van der Waals surface area contributed by atoms with Crippen LogP contribution in [0.15, 0.2) is 65.6 Å². The van der Waals surface area contributed by atoms with Crippen molar-refractivity contribution >= 4 is 16.1 Å². The number of benzene rings is 2. The topological polar surface area (TPSA) is 58.2 Å². The van der Waals surface area contributed by atoms with Crippen LogP contribution < -0.4 is 10.0 Å². The number of rotatable bonds is 7. The summed E-state index contributed by atoms with van der Waals surface area (Å²) in [5.74, 6) is 0. The van der Waals surface area contributed by atoms with Crippen LogP contribution in [0.25, 0.3) is 6.08 Å². The molecule has 2 aromatic rings. The molecule has 2 aromatic carbocycles. The van der Waals surface area contributed by atoms with Crippen molar-refractivity contribution in [2.75, 3.05) is 6.54 Å².